The Morgan fingerprint density at radius 1 is 1.00 bits per heavy atom. The van der Waals surface area contributed by atoms with Crippen LogP contribution in [0.4, 0.5) is 5.82 Å². The fourth-order valence-corrected chi connectivity index (χ4v) is 2.72. The molecule has 1 fully saturated rings. The second-order valence-corrected chi connectivity index (χ2v) is 5.63. The van der Waals surface area contributed by atoms with Crippen molar-refractivity contribution in [2.45, 2.75) is 6.42 Å². The van der Waals surface area contributed by atoms with E-state index in [0.29, 0.717) is 0 Å². The minimum absolute atomic E-state index is 0.855. The fraction of sp³-hybridized carbons (Fsp3) is 0.412. The van der Waals surface area contributed by atoms with E-state index in [0.717, 1.165) is 49.0 Å². The number of anilines is 1. The highest BCUT2D eigenvalue weighted by atomic mass is 16.5. The second kappa shape index (κ2) is 6.75. The molecule has 116 valence electrons. The summed E-state index contributed by atoms with van der Waals surface area (Å²) >= 11 is 0. The van der Waals surface area contributed by atoms with Crippen molar-refractivity contribution in [2.24, 2.45) is 0 Å². The Morgan fingerprint density at radius 3 is 2.59 bits per heavy atom. The molecule has 0 bridgehead atoms. The Bertz CT molecular complexity index is 614. The first-order valence-electron chi connectivity index (χ1n) is 7.66. The monoisotopic (exact) mass is 298 g/mol. The first-order valence-corrected chi connectivity index (χ1v) is 7.66. The Morgan fingerprint density at radius 2 is 1.82 bits per heavy atom. The molecule has 3 rings (SSSR count). The molecular weight excluding hydrogens is 276 g/mol. The van der Waals surface area contributed by atoms with E-state index >= 15 is 0 Å². The lowest BCUT2D eigenvalue weighted by atomic mass is 10.1. The number of nitrogens with zero attached hydrogens (tertiary/aromatic N) is 4. The summed E-state index contributed by atoms with van der Waals surface area (Å²) in [5.74, 6) is 1.87. The molecule has 2 heterocycles. The van der Waals surface area contributed by atoms with Crippen molar-refractivity contribution in [2.75, 3.05) is 45.2 Å². The van der Waals surface area contributed by atoms with Crippen molar-refractivity contribution < 1.29 is 4.74 Å². The maximum atomic E-state index is 5.20. The van der Waals surface area contributed by atoms with Gasteiger partial charge in [-0.25, -0.2) is 9.97 Å². The third-order valence-corrected chi connectivity index (χ3v) is 4.08. The van der Waals surface area contributed by atoms with Crippen LogP contribution in [0.15, 0.2) is 36.7 Å². The summed E-state index contributed by atoms with van der Waals surface area (Å²) in [5.41, 5.74) is 2.03. The minimum Gasteiger partial charge on any atom is -0.497 e. The van der Waals surface area contributed by atoms with Gasteiger partial charge in [0.2, 0.25) is 0 Å². The molecule has 2 aromatic rings. The van der Waals surface area contributed by atoms with Gasteiger partial charge in [0.1, 0.15) is 17.9 Å². The van der Waals surface area contributed by atoms with Crippen LogP contribution in [0.1, 0.15) is 6.42 Å². The van der Waals surface area contributed by atoms with Crippen molar-refractivity contribution in [1.82, 2.24) is 14.9 Å². The SMILES string of the molecule is COc1ccc(-c2cc(N3CCCN(C)CC3)ncn2)cc1. The zero-order valence-electron chi connectivity index (χ0n) is 13.2. The second-order valence-electron chi connectivity index (χ2n) is 5.63. The largest absolute Gasteiger partial charge is 0.497 e. The number of rotatable bonds is 3. The van der Waals surface area contributed by atoms with Crippen LogP contribution in [-0.4, -0.2) is 55.2 Å². The van der Waals surface area contributed by atoms with Crippen molar-refractivity contribution >= 4 is 5.82 Å². The van der Waals surface area contributed by atoms with Crippen molar-refractivity contribution in [3.63, 3.8) is 0 Å². The third-order valence-electron chi connectivity index (χ3n) is 4.08. The van der Waals surface area contributed by atoms with Crippen LogP contribution >= 0.6 is 0 Å². The number of hydrogen-bond donors (Lipinski definition) is 0. The summed E-state index contributed by atoms with van der Waals surface area (Å²) < 4.78 is 5.20. The molecule has 0 unspecified atom stereocenters. The van der Waals surface area contributed by atoms with Crippen molar-refractivity contribution in [1.29, 1.82) is 0 Å². The smallest absolute Gasteiger partial charge is 0.132 e. The Labute approximate surface area is 131 Å². The Kier molecular flexibility index (Phi) is 4.53. The van der Waals surface area contributed by atoms with Gasteiger partial charge in [-0.1, -0.05) is 0 Å². The molecule has 0 amide bonds. The topological polar surface area (TPSA) is 41.5 Å². The highest BCUT2D eigenvalue weighted by molar-refractivity contribution is 5.63. The predicted octanol–water partition coefficient (Wildman–Crippen LogP) is 2.29. The maximum absolute atomic E-state index is 5.20. The van der Waals surface area contributed by atoms with Gasteiger partial charge in [0.05, 0.1) is 12.8 Å². The van der Waals surface area contributed by atoms with E-state index in [1.807, 2.05) is 24.3 Å². The molecular formula is C17H22N4O. The molecule has 0 spiro atoms. The van der Waals surface area contributed by atoms with E-state index in [2.05, 4.69) is 32.9 Å². The number of methoxy groups -OCH3 is 1. The summed E-state index contributed by atoms with van der Waals surface area (Å²) in [5, 5.41) is 0. The van der Waals surface area contributed by atoms with Gasteiger partial charge in [-0.05, 0) is 44.3 Å². The molecule has 1 saturated heterocycles. The third kappa shape index (κ3) is 3.36. The Hall–Kier alpha value is -2.14. The lowest BCUT2D eigenvalue weighted by Gasteiger charge is -2.21. The number of likely N-dealkylation sites (N-methyl/N-ethyl adjacent to an activating group) is 1. The van der Waals surface area contributed by atoms with Gasteiger partial charge in [0.15, 0.2) is 0 Å². The van der Waals surface area contributed by atoms with Gasteiger partial charge < -0.3 is 14.5 Å². The number of aromatic nitrogens is 2. The quantitative estimate of drug-likeness (QED) is 0.869. The number of benzene rings is 1. The molecule has 1 aliphatic rings. The van der Waals surface area contributed by atoms with Crippen LogP contribution in [0.5, 0.6) is 5.75 Å². The van der Waals surface area contributed by atoms with Gasteiger partial charge in [-0.15, -0.1) is 0 Å². The summed E-state index contributed by atoms with van der Waals surface area (Å²) in [7, 11) is 3.85. The van der Waals surface area contributed by atoms with E-state index in [1.165, 1.54) is 6.42 Å². The van der Waals surface area contributed by atoms with Crippen LogP contribution < -0.4 is 9.64 Å². The molecule has 1 aromatic carbocycles. The Balaban J connectivity index is 1.82. The summed E-state index contributed by atoms with van der Waals surface area (Å²) in [6.07, 6.45) is 2.82. The van der Waals surface area contributed by atoms with Crippen LogP contribution in [-0.2, 0) is 0 Å². The molecule has 0 aliphatic carbocycles. The molecule has 0 saturated carbocycles. The van der Waals surface area contributed by atoms with E-state index in [1.54, 1.807) is 13.4 Å². The molecule has 0 radical (unpaired) electrons. The fourth-order valence-electron chi connectivity index (χ4n) is 2.72. The minimum atomic E-state index is 0.855. The molecule has 22 heavy (non-hydrogen) atoms. The predicted molar refractivity (Wildman–Crippen MR) is 88.3 cm³/mol. The first-order chi connectivity index (χ1) is 10.8. The van der Waals surface area contributed by atoms with Crippen LogP contribution in [0.2, 0.25) is 0 Å². The van der Waals surface area contributed by atoms with Crippen molar-refractivity contribution in [3.05, 3.63) is 36.7 Å². The highest BCUT2D eigenvalue weighted by Gasteiger charge is 2.14. The van der Waals surface area contributed by atoms with E-state index in [-0.39, 0.29) is 0 Å². The molecule has 5 heteroatoms. The molecule has 5 nitrogen and oxygen atoms in total. The van der Waals surface area contributed by atoms with Gasteiger partial charge in [0, 0.05) is 31.3 Å². The van der Waals surface area contributed by atoms with E-state index < -0.39 is 0 Å². The first kappa shape index (κ1) is 14.8. The van der Waals surface area contributed by atoms with Gasteiger partial charge in [-0.3, -0.25) is 0 Å². The molecule has 1 aromatic heterocycles. The van der Waals surface area contributed by atoms with Crippen LogP contribution in [0, 0.1) is 0 Å². The normalized spacial score (nSPS) is 16.4. The number of hydrogen-bond acceptors (Lipinski definition) is 5. The lowest BCUT2D eigenvalue weighted by molar-refractivity contribution is 0.360. The average Bonchev–Trinajstić information content (AvgIpc) is 2.80. The zero-order valence-corrected chi connectivity index (χ0v) is 13.2. The molecule has 0 atom stereocenters. The van der Waals surface area contributed by atoms with Crippen LogP contribution in [0.25, 0.3) is 11.3 Å². The van der Waals surface area contributed by atoms with E-state index in [9.17, 15) is 0 Å². The van der Waals surface area contributed by atoms with Gasteiger partial charge >= 0.3 is 0 Å². The summed E-state index contributed by atoms with van der Waals surface area (Å²) in [6, 6.07) is 10.0. The highest BCUT2D eigenvalue weighted by Crippen LogP contribution is 2.23. The van der Waals surface area contributed by atoms with Gasteiger partial charge in [-0.2, -0.15) is 0 Å². The maximum Gasteiger partial charge on any atom is 0.132 e. The lowest BCUT2D eigenvalue weighted by Crippen LogP contribution is -2.29. The molecule has 1 aliphatic heterocycles. The summed E-state index contributed by atoms with van der Waals surface area (Å²) in [4.78, 5) is 13.6. The van der Waals surface area contributed by atoms with Gasteiger partial charge in [0.25, 0.3) is 0 Å². The zero-order chi connectivity index (χ0) is 15.4. The van der Waals surface area contributed by atoms with E-state index in [4.69, 9.17) is 4.74 Å². The van der Waals surface area contributed by atoms with Crippen molar-refractivity contribution in [3.8, 4) is 17.0 Å². The molecule has 0 N–H and O–H groups in total. The van der Waals surface area contributed by atoms with Crippen LogP contribution in [0.3, 0.4) is 0 Å². The number of ether oxygens (including phenoxy) is 1. The standard InChI is InChI=1S/C17H22N4O/c1-20-8-3-9-21(11-10-20)17-12-16(18-13-19-17)14-4-6-15(22-2)7-5-14/h4-7,12-13H,3,8-11H2,1-2H3. The summed E-state index contributed by atoms with van der Waals surface area (Å²) in [6.45, 7) is 4.27. The average molecular weight is 298 g/mol.